The van der Waals surface area contributed by atoms with Gasteiger partial charge in [-0.2, -0.15) is 0 Å². The van der Waals surface area contributed by atoms with Crippen LogP contribution in [0.1, 0.15) is 31.7 Å². The number of hydrogen-bond acceptors (Lipinski definition) is 2. The highest BCUT2D eigenvalue weighted by Crippen LogP contribution is 2.31. The molecule has 1 unspecified atom stereocenters. The van der Waals surface area contributed by atoms with E-state index in [1.165, 1.54) is 38.4 Å². The molecule has 2 fully saturated rings. The third-order valence-corrected chi connectivity index (χ3v) is 4.89. The second-order valence-electron chi connectivity index (χ2n) is 7.06. The van der Waals surface area contributed by atoms with Crippen molar-refractivity contribution in [3.8, 4) is 0 Å². The fourth-order valence-corrected chi connectivity index (χ4v) is 3.45. The minimum absolute atomic E-state index is 0.186. The maximum Gasteiger partial charge on any atom is 0.193 e. The Morgan fingerprint density at radius 3 is 2.92 bits per heavy atom. The van der Waals surface area contributed by atoms with Gasteiger partial charge in [-0.15, -0.1) is 0 Å². The summed E-state index contributed by atoms with van der Waals surface area (Å²) in [5.74, 6) is 1.39. The SMILES string of the molecule is CCNC(=NCC1CCN(C2CC2)C1)N(C)Cc1cccc(F)c1. The van der Waals surface area contributed by atoms with Crippen molar-refractivity contribution in [2.75, 3.05) is 33.2 Å². The minimum atomic E-state index is -0.186. The number of halogens is 1. The van der Waals surface area contributed by atoms with Gasteiger partial charge in [-0.25, -0.2) is 4.39 Å². The maximum absolute atomic E-state index is 13.4. The van der Waals surface area contributed by atoms with E-state index < -0.39 is 0 Å². The monoisotopic (exact) mass is 332 g/mol. The van der Waals surface area contributed by atoms with Gasteiger partial charge >= 0.3 is 0 Å². The van der Waals surface area contributed by atoms with Crippen LogP contribution in [0, 0.1) is 11.7 Å². The molecule has 0 spiro atoms. The zero-order valence-corrected chi connectivity index (χ0v) is 14.8. The third kappa shape index (κ3) is 4.69. The van der Waals surface area contributed by atoms with E-state index in [9.17, 15) is 4.39 Å². The van der Waals surface area contributed by atoms with Crippen LogP contribution in [-0.4, -0.2) is 55.0 Å². The molecule has 5 heteroatoms. The van der Waals surface area contributed by atoms with E-state index in [0.717, 1.165) is 30.7 Å². The van der Waals surface area contributed by atoms with Crippen LogP contribution in [0.3, 0.4) is 0 Å². The molecule has 0 radical (unpaired) electrons. The van der Waals surface area contributed by atoms with E-state index >= 15 is 0 Å². The van der Waals surface area contributed by atoms with E-state index in [1.54, 1.807) is 12.1 Å². The van der Waals surface area contributed by atoms with Crippen LogP contribution >= 0.6 is 0 Å². The Hall–Kier alpha value is -1.62. The fourth-order valence-electron chi connectivity index (χ4n) is 3.45. The van der Waals surface area contributed by atoms with Gasteiger partial charge in [0.2, 0.25) is 0 Å². The van der Waals surface area contributed by atoms with Crippen molar-refractivity contribution < 1.29 is 4.39 Å². The molecule has 1 saturated carbocycles. The van der Waals surface area contributed by atoms with Crippen LogP contribution < -0.4 is 5.32 Å². The summed E-state index contributed by atoms with van der Waals surface area (Å²) in [6.07, 6.45) is 4.02. The number of benzene rings is 1. The lowest BCUT2D eigenvalue weighted by atomic mass is 10.1. The highest BCUT2D eigenvalue weighted by molar-refractivity contribution is 5.79. The molecule has 4 nitrogen and oxygen atoms in total. The Morgan fingerprint density at radius 2 is 2.21 bits per heavy atom. The van der Waals surface area contributed by atoms with E-state index in [-0.39, 0.29) is 5.82 Å². The molecule has 1 saturated heterocycles. The van der Waals surface area contributed by atoms with Crippen LogP contribution in [0.2, 0.25) is 0 Å². The van der Waals surface area contributed by atoms with Gasteiger partial charge in [-0.3, -0.25) is 4.99 Å². The summed E-state index contributed by atoms with van der Waals surface area (Å²) in [7, 11) is 2.01. The van der Waals surface area contributed by atoms with Gasteiger partial charge < -0.3 is 15.1 Å². The average Bonchev–Trinajstić information content (AvgIpc) is 3.30. The smallest absolute Gasteiger partial charge is 0.193 e. The zero-order valence-electron chi connectivity index (χ0n) is 14.8. The van der Waals surface area contributed by atoms with Gasteiger partial charge in [-0.05, 0) is 56.3 Å². The standard InChI is InChI=1S/C19H29FN4/c1-3-21-19(23(2)13-15-5-4-6-17(20)11-15)22-12-16-9-10-24(14-16)18-7-8-18/h4-6,11,16,18H,3,7-10,12-14H2,1-2H3,(H,21,22). The van der Waals surface area contributed by atoms with Crippen LogP contribution in [0.4, 0.5) is 4.39 Å². The molecule has 3 rings (SSSR count). The first-order valence-electron chi connectivity index (χ1n) is 9.13. The Morgan fingerprint density at radius 1 is 1.38 bits per heavy atom. The Labute approximate surface area is 144 Å². The normalized spacial score (nSPS) is 22.0. The topological polar surface area (TPSA) is 30.9 Å². The molecule has 1 heterocycles. The third-order valence-electron chi connectivity index (χ3n) is 4.89. The van der Waals surface area contributed by atoms with Gasteiger partial charge in [0, 0.05) is 39.3 Å². The molecule has 2 aliphatic rings. The average molecular weight is 332 g/mol. The van der Waals surface area contributed by atoms with Crippen LogP contribution in [0.5, 0.6) is 0 Å². The molecule has 1 aromatic rings. The van der Waals surface area contributed by atoms with Gasteiger partial charge in [0.05, 0.1) is 0 Å². The second kappa shape index (κ2) is 7.97. The number of hydrogen-bond donors (Lipinski definition) is 1. The quantitative estimate of drug-likeness (QED) is 0.642. The predicted molar refractivity (Wildman–Crippen MR) is 96.5 cm³/mol. The largest absolute Gasteiger partial charge is 0.357 e. The van der Waals surface area contributed by atoms with Crippen molar-refractivity contribution in [3.63, 3.8) is 0 Å². The lowest BCUT2D eigenvalue weighted by Gasteiger charge is -2.23. The van der Waals surface area contributed by atoms with Crippen LogP contribution in [0.25, 0.3) is 0 Å². The van der Waals surface area contributed by atoms with E-state index in [0.29, 0.717) is 12.5 Å². The number of aliphatic imine (C=N–C) groups is 1. The number of rotatable bonds is 6. The van der Waals surface area contributed by atoms with Crippen LogP contribution in [-0.2, 0) is 6.54 Å². The molecule has 0 bridgehead atoms. The van der Waals surface area contributed by atoms with Crippen molar-refractivity contribution in [2.24, 2.45) is 10.9 Å². The lowest BCUT2D eigenvalue weighted by Crippen LogP contribution is -2.39. The highest BCUT2D eigenvalue weighted by atomic mass is 19.1. The first-order valence-corrected chi connectivity index (χ1v) is 9.13. The molecule has 1 aromatic carbocycles. The number of nitrogens with one attached hydrogen (secondary N) is 1. The number of likely N-dealkylation sites (tertiary alicyclic amines) is 1. The summed E-state index contributed by atoms with van der Waals surface area (Å²) in [6, 6.07) is 7.64. The van der Waals surface area contributed by atoms with Gasteiger partial charge in [0.25, 0.3) is 0 Å². The zero-order chi connectivity index (χ0) is 16.9. The lowest BCUT2D eigenvalue weighted by molar-refractivity contribution is 0.315. The summed E-state index contributed by atoms with van der Waals surface area (Å²) < 4.78 is 13.4. The molecular formula is C19H29FN4. The van der Waals surface area contributed by atoms with Crippen molar-refractivity contribution in [2.45, 2.75) is 38.8 Å². The predicted octanol–water partition coefficient (Wildman–Crippen LogP) is 2.71. The summed E-state index contributed by atoms with van der Waals surface area (Å²) in [4.78, 5) is 9.54. The molecule has 1 atom stereocenters. The Bertz CT molecular complexity index is 570. The van der Waals surface area contributed by atoms with Crippen molar-refractivity contribution in [3.05, 3.63) is 35.6 Å². The molecule has 0 aromatic heterocycles. The Balaban J connectivity index is 1.56. The van der Waals surface area contributed by atoms with E-state index in [2.05, 4.69) is 22.0 Å². The summed E-state index contributed by atoms with van der Waals surface area (Å²) in [6.45, 7) is 6.88. The highest BCUT2D eigenvalue weighted by Gasteiger charge is 2.34. The maximum atomic E-state index is 13.4. The second-order valence-corrected chi connectivity index (χ2v) is 7.06. The number of guanidine groups is 1. The minimum Gasteiger partial charge on any atom is -0.357 e. The fraction of sp³-hybridized carbons (Fsp3) is 0.632. The molecule has 1 N–H and O–H groups in total. The Kier molecular flexibility index (Phi) is 5.72. The van der Waals surface area contributed by atoms with Gasteiger partial charge in [0.15, 0.2) is 5.96 Å². The summed E-state index contributed by atoms with van der Waals surface area (Å²) in [5.41, 5.74) is 0.962. The molecule has 132 valence electrons. The first kappa shape index (κ1) is 17.2. The summed E-state index contributed by atoms with van der Waals surface area (Å²) >= 11 is 0. The van der Waals surface area contributed by atoms with E-state index in [1.807, 2.05) is 13.1 Å². The van der Waals surface area contributed by atoms with E-state index in [4.69, 9.17) is 4.99 Å². The van der Waals surface area contributed by atoms with Crippen LogP contribution in [0.15, 0.2) is 29.3 Å². The summed E-state index contributed by atoms with van der Waals surface area (Å²) in [5, 5.41) is 3.36. The van der Waals surface area contributed by atoms with Crippen molar-refractivity contribution >= 4 is 5.96 Å². The number of nitrogens with zero attached hydrogens (tertiary/aromatic N) is 3. The molecule has 1 aliphatic carbocycles. The van der Waals surface area contributed by atoms with Gasteiger partial charge in [-0.1, -0.05) is 12.1 Å². The van der Waals surface area contributed by atoms with Crippen molar-refractivity contribution in [1.82, 2.24) is 15.1 Å². The molecular weight excluding hydrogens is 303 g/mol. The molecule has 1 aliphatic heterocycles. The molecule has 24 heavy (non-hydrogen) atoms. The molecule has 0 amide bonds. The first-order chi connectivity index (χ1) is 11.7. The van der Waals surface area contributed by atoms with Gasteiger partial charge in [0.1, 0.15) is 5.82 Å². The van der Waals surface area contributed by atoms with Crippen molar-refractivity contribution in [1.29, 1.82) is 0 Å².